The van der Waals surface area contributed by atoms with Crippen molar-refractivity contribution in [3.63, 3.8) is 0 Å². The molecule has 3 aromatic rings. The molecule has 120 valence electrons. The smallest absolute Gasteiger partial charge is 0.263 e. The van der Waals surface area contributed by atoms with Crippen LogP contribution in [0.1, 0.15) is 5.56 Å². The number of benzene rings is 2. The largest absolute Gasteiger partial charge is 0.497 e. The Morgan fingerprint density at radius 2 is 1.87 bits per heavy atom. The van der Waals surface area contributed by atoms with Crippen LogP contribution in [0.15, 0.2) is 41.3 Å². The van der Waals surface area contributed by atoms with Gasteiger partial charge in [0.15, 0.2) is 5.13 Å². The summed E-state index contributed by atoms with van der Waals surface area (Å²) < 4.78 is 33.2. The highest BCUT2D eigenvalue weighted by molar-refractivity contribution is 7.93. The van der Waals surface area contributed by atoms with Crippen molar-refractivity contribution in [1.82, 2.24) is 4.98 Å². The SMILES string of the molecule is COc1ccc(S(=O)(=O)Nc2nc3c(C)c(Cl)ccc3s2)cc1. The maximum absolute atomic E-state index is 12.4. The molecule has 8 heteroatoms. The van der Waals surface area contributed by atoms with Gasteiger partial charge in [-0.3, -0.25) is 4.72 Å². The molecular formula is C15H13ClN2O3S2. The lowest BCUT2D eigenvalue weighted by molar-refractivity contribution is 0.414. The molecule has 0 unspecified atom stereocenters. The van der Waals surface area contributed by atoms with Crippen LogP contribution >= 0.6 is 22.9 Å². The second kappa shape index (κ2) is 5.99. The van der Waals surface area contributed by atoms with Gasteiger partial charge in [0, 0.05) is 5.02 Å². The van der Waals surface area contributed by atoms with E-state index < -0.39 is 10.0 Å². The van der Waals surface area contributed by atoms with E-state index in [2.05, 4.69) is 9.71 Å². The quantitative estimate of drug-likeness (QED) is 0.753. The summed E-state index contributed by atoms with van der Waals surface area (Å²) in [7, 11) is -2.18. The van der Waals surface area contributed by atoms with E-state index in [1.165, 1.54) is 30.6 Å². The molecule has 23 heavy (non-hydrogen) atoms. The van der Waals surface area contributed by atoms with E-state index in [-0.39, 0.29) is 4.90 Å². The molecule has 1 heterocycles. The monoisotopic (exact) mass is 368 g/mol. The van der Waals surface area contributed by atoms with Crippen molar-refractivity contribution in [2.24, 2.45) is 0 Å². The molecule has 0 radical (unpaired) electrons. The first-order chi connectivity index (χ1) is 10.9. The van der Waals surface area contributed by atoms with Crippen molar-refractivity contribution < 1.29 is 13.2 Å². The number of hydrogen-bond acceptors (Lipinski definition) is 5. The summed E-state index contributed by atoms with van der Waals surface area (Å²) in [6, 6.07) is 9.76. The molecule has 0 spiro atoms. The van der Waals surface area contributed by atoms with Gasteiger partial charge in [0.05, 0.1) is 22.2 Å². The van der Waals surface area contributed by atoms with Crippen LogP contribution in [0.2, 0.25) is 5.02 Å². The Morgan fingerprint density at radius 3 is 2.52 bits per heavy atom. The van der Waals surface area contributed by atoms with Crippen LogP contribution < -0.4 is 9.46 Å². The van der Waals surface area contributed by atoms with Gasteiger partial charge in [-0.05, 0) is 48.9 Å². The molecule has 0 amide bonds. The lowest BCUT2D eigenvalue weighted by Crippen LogP contribution is -2.12. The zero-order valence-corrected chi connectivity index (χ0v) is 14.7. The number of fused-ring (bicyclic) bond motifs is 1. The van der Waals surface area contributed by atoms with E-state index in [1.807, 2.05) is 13.0 Å². The van der Waals surface area contributed by atoms with Gasteiger partial charge in [0.1, 0.15) is 5.75 Å². The Balaban J connectivity index is 1.95. The van der Waals surface area contributed by atoms with Crippen LogP contribution in [-0.2, 0) is 10.0 Å². The van der Waals surface area contributed by atoms with Crippen LogP contribution in [0.25, 0.3) is 10.2 Å². The van der Waals surface area contributed by atoms with E-state index in [4.69, 9.17) is 16.3 Å². The van der Waals surface area contributed by atoms with Crippen molar-refractivity contribution in [3.05, 3.63) is 47.0 Å². The molecular weight excluding hydrogens is 356 g/mol. The van der Waals surface area contributed by atoms with E-state index in [9.17, 15) is 8.42 Å². The van der Waals surface area contributed by atoms with Crippen molar-refractivity contribution in [2.45, 2.75) is 11.8 Å². The maximum atomic E-state index is 12.4. The number of aromatic nitrogens is 1. The van der Waals surface area contributed by atoms with Gasteiger partial charge < -0.3 is 4.74 Å². The first-order valence-electron chi connectivity index (χ1n) is 6.63. The minimum Gasteiger partial charge on any atom is -0.497 e. The normalized spacial score (nSPS) is 11.6. The number of methoxy groups -OCH3 is 1. The summed E-state index contributed by atoms with van der Waals surface area (Å²) in [5, 5.41) is 0.911. The summed E-state index contributed by atoms with van der Waals surface area (Å²) in [5.41, 5.74) is 1.53. The third kappa shape index (κ3) is 3.12. The molecule has 0 atom stereocenters. The molecule has 3 rings (SSSR count). The van der Waals surface area contributed by atoms with Crippen molar-refractivity contribution in [2.75, 3.05) is 11.8 Å². The predicted octanol–water partition coefficient (Wildman–Crippen LogP) is 4.07. The molecule has 5 nitrogen and oxygen atoms in total. The zero-order valence-electron chi connectivity index (χ0n) is 12.3. The highest BCUT2D eigenvalue weighted by Crippen LogP contribution is 2.32. The number of nitrogens with zero attached hydrogens (tertiary/aromatic N) is 1. The minimum absolute atomic E-state index is 0.146. The number of ether oxygens (including phenoxy) is 1. The molecule has 0 fully saturated rings. The maximum Gasteiger partial charge on any atom is 0.263 e. The van der Waals surface area contributed by atoms with Crippen LogP contribution in [-0.4, -0.2) is 20.5 Å². The predicted molar refractivity (Wildman–Crippen MR) is 93.2 cm³/mol. The van der Waals surface area contributed by atoms with Gasteiger partial charge in [-0.15, -0.1) is 0 Å². The number of rotatable bonds is 4. The Bertz CT molecular complexity index is 966. The highest BCUT2D eigenvalue weighted by Gasteiger charge is 2.17. The van der Waals surface area contributed by atoms with Gasteiger partial charge in [-0.1, -0.05) is 22.9 Å². The molecule has 0 saturated heterocycles. The zero-order chi connectivity index (χ0) is 16.6. The Morgan fingerprint density at radius 1 is 1.17 bits per heavy atom. The Hall–Kier alpha value is -1.83. The number of sulfonamides is 1. The molecule has 0 aliphatic carbocycles. The fraction of sp³-hybridized carbons (Fsp3) is 0.133. The second-order valence-electron chi connectivity index (χ2n) is 4.82. The molecule has 0 aliphatic rings. The minimum atomic E-state index is -3.70. The van der Waals surface area contributed by atoms with Crippen molar-refractivity contribution >= 4 is 48.3 Å². The van der Waals surface area contributed by atoms with Crippen molar-refractivity contribution in [3.8, 4) is 5.75 Å². The highest BCUT2D eigenvalue weighted by atomic mass is 35.5. The van der Waals surface area contributed by atoms with Crippen LogP contribution in [0.4, 0.5) is 5.13 Å². The number of halogens is 1. The van der Waals surface area contributed by atoms with Gasteiger partial charge in [-0.25, -0.2) is 13.4 Å². The summed E-state index contributed by atoms with van der Waals surface area (Å²) >= 11 is 7.33. The summed E-state index contributed by atoms with van der Waals surface area (Å²) in [6.45, 7) is 1.85. The topological polar surface area (TPSA) is 68.3 Å². The fourth-order valence-electron chi connectivity index (χ4n) is 2.07. The number of anilines is 1. The van der Waals surface area contributed by atoms with E-state index in [1.54, 1.807) is 18.2 Å². The number of aryl methyl sites for hydroxylation is 1. The van der Waals surface area contributed by atoms with Crippen LogP contribution in [0.5, 0.6) is 5.75 Å². The van der Waals surface area contributed by atoms with Crippen molar-refractivity contribution in [1.29, 1.82) is 0 Å². The number of hydrogen-bond donors (Lipinski definition) is 1. The standard InChI is InChI=1S/C15H13ClN2O3S2/c1-9-12(16)7-8-13-14(9)17-15(22-13)18-23(19,20)11-5-3-10(21-2)4-6-11/h3-8H,1-2H3,(H,17,18). The van der Waals surface area contributed by atoms with Crippen LogP contribution in [0.3, 0.4) is 0 Å². The molecule has 0 bridgehead atoms. The molecule has 0 aliphatic heterocycles. The van der Waals surface area contributed by atoms with E-state index in [0.29, 0.717) is 21.4 Å². The van der Waals surface area contributed by atoms with Crippen LogP contribution in [0, 0.1) is 6.92 Å². The first kappa shape index (κ1) is 16.0. The second-order valence-corrected chi connectivity index (χ2v) is 7.94. The fourth-order valence-corrected chi connectivity index (χ4v) is 4.39. The first-order valence-corrected chi connectivity index (χ1v) is 9.31. The van der Waals surface area contributed by atoms with Gasteiger partial charge >= 0.3 is 0 Å². The number of thiazole rings is 1. The average Bonchev–Trinajstić information content (AvgIpc) is 2.94. The lowest BCUT2D eigenvalue weighted by atomic mass is 10.2. The third-order valence-electron chi connectivity index (χ3n) is 3.34. The molecule has 0 saturated carbocycles. The number of nitrogens with one attached hydrogen (secondary N) is 1. The molecule has 1 aromatic heterocycles. The summed E-state index contributed by atoms with van der Waals surface area (Å²) in [6.07, 6.45) is 0. The molecule has 2 aromatic carbocycles. The van der Waals surface area contributed by atoms with E-state index >= 15 is 0 Å². The summed E-state index contributed by atoms with van der Waals surface area (Å²) in [4.78, 5) is 4.48. The van der Waals surface area contributed by atoms with Gasteiger partial charge in [0.25, 0.3) is 10.0 Å². The molecule has 1 N–H and O–H groups in total. The third-order valence-corrected chi connectivity index (χ3v) is 6.17. The van der Waals surface area contributed by atoms with Gasteiger partial charge in [0.2, 0.25) is 0 Å². The van der Waals surface area contributed by atoms with E-state index in [0.717, 1.165) is 10.3 Å². The Kier molecular flexibility index (Phi) is 4.18. The summed E-state index contributed by atoms with van der Waals surface area (Å²) in [5.74, 6) is 0.592. The Labute approximate surface area is 142 Å². The lowest BCUT2D eigenvalue weighted by Gasteiger charge is -2.05. The van der Waals surface area contributed by atoms with Gasteiger partial charge in [-0.2, -0.15) is 0 Å². The average molecular weight is 369 g/mol.